The van der Waals surface area contributed by atoms with E-state index in [9.17, 15) is 9.59 Å². The molecule has 2 amide bonds. The van der Waals surface area contributed by atoms with Crippen LogP contribution in [0.4, 0.5) is 4.79 Å². The van der Waals surface area contributed by atoms with Crippen molar-refractivity contribution >= 4 is 17.7 Å². The first-order valence-electron chi connectivity index (χ1n) is 7.00. The van der Waals surface area contributed by atoms with Crippen molar-refractivity contribution in [1.82, 2.24) is 5.32 Å². The van der Waals surface area contributed by atoms with Crippen molar-refractivity contribution in [2.24, 2.45) is 10.9 Å². The van der Waals surface area contributed by atoms with E-state index >= 15 is 0 Å². The zero-order valence-electron chi connectivity index (χ0n) is 12.8. The van der Waals surface area contributed by atoms with Gasteiger partial charge in [-0.3, -0.25) is 4.79 Å². The quantitative estimate of drug-likeness (QED) is 0.754. The molecule has 2 aliphatic rings. The highest BCUT2D eigenvalue weighted by Gasteiger charge is 2.20. The Morgan fingerprint density at radius 3 is 2.91 bits per heavy atom. The first-order valence-corrected chi connectivity index (χ1v) is 7.00. The molecule has 1 heterocycles. The molecule has 0 aromatic rings. The van der Waals surface area contributed by atoms with Crippen LogP contribution in [-0.2, 0) is 9.53 Å². The molecular weight excluding hydrogens is 280 g/mol. The van der Waals surface area contributed by atoms with Gasteiger partial charge in [-0.1, -0.05) is 30.1 Å². The molecule has 0 saturated heterocycles. The molecule has 1 atom stereocenters. The van der Waals surface area contributed by atoms with Crippen LogP contribution in [-0.4, -0.2) is 29.9 Å². The van der Waals surface area contributed by atoms with E-state index in [-0.39, 0.29) is 18.4 Å². The number of hydrogen-bond donors (Lipinski definition) is 1. The molecule has 1 unspecified atom stereocenters. The van der Waals surface area contributed by atoms with Crippen molar-refractivity contribution in [1.29, 1.82) is 0 Å². The molecule has 0 saturated carbocycles. The van der Waals surface area contributed by atoms with E-state index in [2.05, 4.69) is 22.2 Å². The van der Waals surface area contributed by atoms with E-state index in [1.165, 1.54) is 6.08 Å². The van der Waals surface area contributed by atoms with Gasteiger partial charge in [0.15, 0.2) is 0 Å². The number of nitrogens with one attached hydrogen (secondary N) is 1. The van der Waals surface area contributed by atoms with Gasteiger partial charge in [-0.05, 0) is 32.4 Å². The SMILES string of the molecule is CC(C)(C)OC(=O)NCC#CC1C=CC=C2C=CC(=O)N=C21. The molecule has 5 nitrogen and oxygen atoms in total. The number of nitrogens with zero attached hydrogens (tertiary/aromatic N) is 1. The summed E-state index contributed by atoms with van der Waals surface area (Å²) < 4.78 is 5.11. The fraction of sp³-hybridized carbons (Fsp3) is 0.353. The molecule has 0 bridgehead atoms. The molecule has 0 aromatic heterocycles. The third-order valence-corrected chi connectivity index (χ3v) is 2.78. The summed E-state index contributed by atoms with van der Waals surface area (Å²) in [6.45, 7) is 5.56. The monoisotopic (exact) mass is 298 g/mol. The van der Waals surface area contributed by atoms with Gasteiger partial charge in [0, 0.05) is 6.08 Å². The molecule has 0 aromatic carbocycles. The van der Waals surface area contributed by atoms with Crippen LogP contribution >= 0.6 is 0 Å². The number of dihydropyridines is 1. The van der Waals surface area contributed by atoms with Gasteiger partial charge in [0.25, 0.3) is 5.91 Å². The second kappa shape index (κ2) is 6.44. The molecule has 1 aliphatic carbocycles. The molecule has 2 rings (SSSR count). The summed E-state index contributed by atoms with van der Waals surface area (Å²) in [7, 11) is 0. The molecule has 0 spiro atoms. The molecule has 22 heavy (non-hydrogen) atoms. The van der Waals surface area contributed by atoms with Gasteiger partial charge < -0.3 is 10.1 Å². The maximum atomic E-state index is 11.5. The molecular formula is C17H18N2O3. The number of hydrogen-bond acceptors (Lipinski definition) is 3. The van der Waals surface area contributed by atoms with Crippen LogP contribution in [0.15, 0.2) is 40.9 Å². The highest BCUT2D eigenvalue weighted by Crippen LogP contribution is 2.20. The van der Waals surface area contributed by atoms with Crippen molar-refractivity contribution in [3.8, 4) is 11.8 Å². The van der Waals surface area contributed by atoms with E-state index in [4.69, 9.17) is 4.74 Å². The van der Waals surface area contributed by atoms with E-state index in [1.54, 1.807) is 26.8 Å². The average Bonchev–Trinajstić information content (AvgIpc) is 2.42. The van der Waals surface area contributed by atoms with Crippen molar-refractivity contribution in [2.45, 2.75) is 26.4 Å². The lowest BCUT2D eigenvalue weighted by Crippen LogP contribution is -2.32. The fourth-order valence-electron chi connectivity index (χ4n) is 1.93. The van der Waals surface area contributed by atoms with Crippen molar-refractivity contribution in [3.63, 3.8) is 0 Å². The van der Waals surface area contributed by atoms with Crippen LogP contribution < -0.4 is 5.32 Å². The Morgan fingerprint density at radius 1 is 1.41 bits per heavy atom. The summed E-state index contributed by atoms with van der Waals surface area (Å²) >= 11 is 0. The smallest absolute Gasteiger partial charge is 0.408 e. The number of aliphatic imine (C=N–C) groups is 1. The van der Waals surface area contributed by atoms with Crippen LogP contribution in [0.3, 0.4) is 0 Å². The van der Waals surface area contributed by atoms with Gasteiger partial charge in [-0.2, -0.15) is 0 Å². The molecule has 1 aliphatic heterocycles. The van der Waals surface area contributed by atoms with Crippen molar-refractivity contribution < 1.29 is 14.3 Å². The Kier molecular flexibility index (Phi) is 4.62. The fourth-order valence-corrected chi connectivity index (χ4v) is 1.93. The van der Waals surface area contributed by atoms with Gasteiger partial charge in [0.05, 0.1) is 18.2 Å². The maximum absolute atomic E-state index is 11.5. The topological polar surface area (TPSA) is 67.8 Å². The molecule has 0 fully saturated rings. The summed E-state index contributed by atoms with van der Waals surface area (Å²) in [5, 5.41) is 2.57. The number of ether oxygens (including phenoxy) is 1. The Morgan fingerprint density at radius 2 is 2.18 bits per heavy atom. The number of carbonyl (C=O) groups is 2. The minimum Gasteiger partial charge on any atom is -0.444 e. The predicted molar refractivity (Wildman–Crippen MR) is 84.3 cm³/mol. The summed E-state index contributed by atoms with van der Waals surface area (Å²) in [6, 6.07) is 0. The Hall–Kier alpha value is -2.61. The van der Waals surface area contributed by atoms with Crippen LogP contribution in [0, 0.1) is 17.8 Å². The first kappa shape index (κ1) is 15.8. The second-order valence-corrected chi connectivity index (χ2v) is 5.83. The van der Waals surface area contributed by atoms with Gasteiger partial charge in [-0.25, -0.2) is 9.79 Å². The molecule has 5 heteroatoms. The summed E-state index contributed by atoms with van der Waals surface area (Å²) in [4.78, 5) is 26.9. The van der Waals surface area contributed by atoms with E-state index in [1.807, 2.05) is 18.2 Å². The second-order valence-electron chi connectivity index (χ2n) is 5.83. The zero-order valence-corrected chi connectivity index (χ0v) is 12.8. The number of fused-ring (bicyclic) bond motifs is 1. The lowest BCUT2D eigenvalue weighted by atomic mass is 9.90. The highest BCUT2D eigenvalue weighted by molar-refractivity contribution is 6.16. The third kappa shape index (κ3) is 4.45. The summed E-state index contributed by atoms with van der Waals surface area (Å²) in [6.07, 6.45) is 8.31. The summed E-state index contributed by atoms with van der Waals surface area (Å²) in [5.74, 6) is 5.34. The lowest BCUT2D eigenvalue weighted by molar-refractivity contribution is -0.113. The Labute approximate surface area is 129 Å². The maximum Gasteiger partial charge on any atom is 0.408 e. The molecule has 0 radical (unpaired) electrons. The third-order valence-electron chi connectivity index (χ3n) is 2.78. The predicted octanol–water partition coefficient (Wildman–Crippen LogP) is 2.16. The molecule has 1 N–H and O–H groups in total. The lowest BCUT2D eigenvalue weighted by Gasteiger charge is -2.19. The zero-order chi connectivity index (χ0) is 16.2. The van der Waals surface area contributed by atoms with Crippen LogP contribution in [0.5, 0.6) is 0 Å². The number of allylic oxidation sites excluding steroid dienone is 5. The Balaban J connectivity index is 1.93. The van der Waals surface area contributed by atoms with Crippen molar-refractivity contribution in [2.75, 3.05) is 6.54 Å². The Bertz CT molecular complexity index is 664. The number of amides is 2. The van der Waals surface area contributed by atoms with Crippen LogP contribution in [0.1, 0.15) is 20.8 Å². The van der Waals surface area contributed by atoms with Crippen LogP contribution in [0.25, 0.3) is 0 Å². The molecule has 114 valence electrons. The van der Waals surface area contributed by atoms with Crippen molar-refractivity contribution in [3.05, 3.63) is 36.0 Å². The van der Waals surface area contributed by atoms with E-state index in [0.717, 1.165) is 5.57 Å². The highest BCUT2D eigenvalue weighted by atomic mass is 16.6. The van der Waals surface area contributed by atoms with Gasteiger partial charge >= 0.3 is 6.09 Å². The number of carbonyl (C=O) groups excluding carboxylic acids is 2. The van der Waals surface area contributed by atoms with Gasteiger partial charge in [0.1, 0.15) is 5.60 Å². The first-order chi connectivity index (χ1) is 10.3. The number of alkyl carbamates (subject to hydrolysis) is 1. The van der Waals surface area contributed by atoms with E-state index in [0.29, 0.717) is 5.71 Å². The van der Waals surface area contributed by atoms with Crippen LogP contribution in [0.2, 0.25) is 0 Å². The standard InChI is InChI=1S/C17H18N2O3/c1-17(2,3)22-16(21)18-11-5-8-12-6-4-7-13-9-10-14(20)19-15(12)13/h4,6-7,9-10,12H,11H2,1-3H3,(H,18,21). The normalized spacial score (nSPS) is 19.4. The largest absolute Gasteiger partial charge is 0.444 e. The summed E-state index contributed by atoms with van der Waals surface area (Å²) in [5.41, 5.74) is 1.01. The van der Waals surface area contributed by atoms with Gasteiger partial charge in [0.2, 0.25) is 0 Å². The minimum atomic E-state index is -0.535. The van der Waals surface area contributed by atoms with E-state index < -0.39 is 11.7 Å². The minimum absolute atomic E-state index is 0.176. The average molecular weight is 298 g/mol. The number of rotatable bonds is 1. The van der Waals surface area contributed by atoms with Gasteiger partial charge in [-0.15, -0.1) is 0 Å².